The number of carbonyl (C=O) groups excluding carboxylic acids is 1. The van der Waals surface area contributed by atoms with Gasteiger partial charge in [0.25, 0.3) is 11.5 Å². The van der Waals surface area contributed by atoms with Gasteiger partial charge in [-0.15, -0.1) is 0 Å². The van der Waals surface area contributed by atoms with Crippen molar-refractivity contribution in [2.24, 2.45) is 0 Å². The fourth-order valence-corrected chi connectivity index (χ4v) is 3.25. The Bertz CT molecular complexity index is 798. The molecule has 2 aromatic rings. The first-order valence-electron chi connectivity index (χ1n) is 8.56. The molecule has 1 saturated heterocycles. The van der Waals surface area contributed by atoms with Gasteiger partial charge < -0.3 is 9.64 Å². The third-order valence-corrected chi connectivity index (χ3v) is 4.44. The van der Waals surface area contributed by atoms with Gasteiger partial charge in [-0.3, -0.25) is 9.59 Å². The minimum absolute atomic E-state index is 0.0797. The number of hydrogen-bond donors (Lipinski definition) is 0. The van der Waals surface area contributed by atoms with Crippen molar-refractivity contribution in [2.75, 3.05) is 19.7 Å². The molecular weight excluding hydrogens is 306 g/mol. The maximum atomic E-state index is 13.0. The van der Waals surface area contributed by atoms with Crippen LogP contribution < -0.4 is 5.56 Å². The van der Waals surface area contributed by atoms with Crippen molar-refractivity contribution in [2.45, 2.75) is 39.3 Å². The molecule has 2 heterocycles. The van der Waals surface area contributed by atoms with E-state index in [1.807, 2.05) is 26.0 Å². The number of nitrogens with zero attached hydrogens (tertiary/aromatic N) is 3. The van der Waals surface area contributed by atoms with Gasteiger partial charge >= 0.3 is 0 Å². The van der Waals surface area contributed by atoms with Gasteiger partial charge in [-0.25, -0.2) is 4.68 Å². The standard InChI is InChI=1S/C18H23N3O3/c1-3-21-17(22)15-10-6-5-9-14(15)16(19-21)18(23)20-11-7-8-13(12-20)24-4-2/h5-6,9-10,13H,3-4,7-8,11-12H2,1-2H3/t13-/m1/s1. The zero-order valence-electron chi connectivity index (χ0n) is 14.2. The minimum atomic E-state index is -0.157. The topological polar surface area (TPSA) is 64.4 Å². The summed E-state index contributed by atoms with van der Waals surface area (Å²) in [5.74, 6) is -0.127. The summed E-state index contributed by atoms with van der Waals surface area (Å²) in [5, 5.41) is 5.50. The second kappa shape index (κ2) is 7.13. The molecule has 1 aliphatic rings. The van der Waals surface area contributed by atoms with Gasteiger partial charge in [-0.1, -0.05) is 18.2 Å². The van der Waals surface area contributed by atoms with E-state index in [-0.39, 0.29) is 17.6 Å². The average Bonchev–Trinajstić information content (AvgIpc) is 2.62. The van der Waals surface area contributed by atoms with Crippen LogP contribution in [0.1, 0.15) is 37.2 Å². The minimum Gasteiger partial charge on any atom is -0.377 e. The Morgan fingerprint density at radius 2 is 2.04 bits per heavy atom. The first-order chi connectivity index (χ1) is 11.7. The molecule has 6 heteroatoms. The number of carbonyl (C=O) groups is 1. The Labute approximate surface area is 141 Å². The number of piperidine rings is 1. The fraction of sp³-hybridized carbons (Fsp3) is 0.500. The predicted molar refractivity (Wildman–Crippen MR) is 92.2 cm³/mol. The van der Waals surface area contributed by atoms with E-state index in [2.05, 4.69) is 5.10 Å². The number of hydrogen-bond acceptors (Lipinski definition) is 4. The lowest BCUT2D eigenvalue weighted by Gasteiger charge is -2.32. The highest BCUT2D eigenvalue weighted by Gasteiger charge is 2.27. The van der Waals surface area contributed by atoms with Crippen LogP contribution >= 0.6 is 0 Å². The summed E-state index contributed by atoms with van der Waals surface area (Å²) in [5.41, 5.74) is 0.194. The van der Waals surface area contributed by atoms with Gasteiger partial charge in [-0.2, -0.15) is 5.10 Å². The summed E-state index contributed by atoms with van der Waals surface area (Å²) in [4.78, 5) is 27.2. The summed E-state index contributed by atoms with van der Waals surface area (Å²) >= 11 is 0. The van der Waals surface area contributed by atoms with Crippen molar-refractivity contribution < 1.29 is 9.53 Å². The molecule has 0 aliphatic carbocycles. The molecule has 24 heavy (non-hydrogen) atoms. The molecule has 3 rings (SSSR count). The van der Waals surface area contributed by atoms with Crippen molar-refractivity contribution in [1.29, 1.82) is 0 Å². The predicted octanol–water partition coefficient (Wildman–Crippen LogP) is 2.06. The summed E-state index contributed by atoms with van der Waals surface area (Å²) in [6, 6.07) is 7.18. The normalized spacial score (nSPS) is 18.1. The molecule has 0 bridgehead atoms. The van der Waals surface area contributed by atoms with E-state index < -0.39 is 0 Å². The molecule has 1 amide bonds. The lowest BCUT2D eigenvalue weighted by Crippen LogP contribution is -2.44. The van der Waals surface area contributed by atoms with Crippen molar-refractivity contribution in [3.05, 3.63) is 40.3 Å². The molecule has 1 fully saturated rings. The Hall–Kier alpha value is -2.21. The smallest absolute Gasteiger partial charge is 0.275 e. The molecule has 0 N–H and O–H groups in total. The highest BCUT2D eigenvalue weighted by atomic mass is 16.5. The summed E-state index contributed by atoms with van der Waals surface area (Å²) < 4.78 is 7.04. The highest BCUT2D eigenvalue weighted by Crippen LogP contribution is 2.19. The zero-order valence-corrected chi connectivity index (χ0v) is 14.2. The maximum absolute atomic E-state index is 13.0. The summed E-state index contributed by atoms with van der Waals surface area (Å²) in [6.45, 7) is 6.17. The Morgan fingerprint density at radius 1 is 1.29 bits per heavy atom. The number of amides is 1. The van der Waals surface area contributed by atoms with Crippen molar-refractivity contribution in [1.82, 2.24) is 14.7 Å². The maximum Gasteiger partial charge on any atom is 0.275 e. The molecule has 0 radical (unpaired) electrons. The largest absolute Gasteiger partial charge is 0.377 e. The Morgan fingerprint density at radius 3 is 2.75 bits per heavy atom. The first-order valence-corrected chi connectivity index (χ1v) is 8.56. The molecule has 0 saturated carbocycles. The van der Waals surface area contributed by atoms with Gasteiger partial charge in [0.2, 0.25) is 0 Å². The average molecular weight is 329 g/mol. The van der Waals surface area contributed by atoms with Crippen LogP contribution in [0.15, 0.2) is 29.1 Å². The van der Waals surface area contributed by atoms with E-state index in [1.165, 1.54) is 4.68 Å². The highest BCUT2D eigenvalue weighted by molar-refractivity contribution is 6.04. The van der Waals surface area contributed by atoms with E-state index in [0.29, 0.717) is 42.7 Å². The van der Waals surface area contributed by atoms with E-state index >= 15 is 0 Å². The van der Waals surface area contributed by atoms with E-state index in [9.17, 15) is 9.59 Å². The number of ether oxygens (including phenoxy) is 1. The zero-order chi connectivity index (χ0) is 17.1. The monoisotopic (exact) mass is 329 g/mol. The van der Waals surface area contributed by atoms with Gasteiger partial charge in [0.15, 0.2) is 5.69 Å². The van der Waals surface area contributed by atoms with E-state index in [4.69, 9.17) is 4.74 Å². The molecular formula is C18H23N3O3. The van der Waals surface area contributed by atoms with Gasteiger partial charge in [0, 0.05) is 31.6 Å². The van der Waals surface area contributed by atoms with Crippen molar-refractivity contribution in [3.63, 3.8) is 0 Å². The quantitative estimate of drug-likeness (QED) is 0.861. The van der Waals surface area contributed by atoms with Crippen LogP contribution in [0, 0.1) is 0 Å². The van der Waals surface area contributed by atoms with Crippen LogP contribution in [0.4, 0.5) is 0 Å². The molecule has 6 nitrogen and oxygen atoms in total. The lowest BCUT2D eigenvalue weighted by atomic mass is 10.1. The number of aromatic nitrogens is 2. The molecule has 1 atom stereocenters. The summed E-state index contributed by atoms with van der Waals surface area (Å²) in [6.07, 6.45) is 1.97. The fourth-order valence-electron chi connectivity index (χ4n) is 3.25. The van der Waals surface area contributed by atoms with Crippen LogP contribution in [0.25, 0.3) is 10.8 Å². The molecule has 1 aliphatic heterocycles. The number of fused-ring (bicyclic) bond motifs is 1. The van der Waals surface area contributed by atoms with Crippen LogP contribution in [0.5, 0.6) is 0 Å². The third kappa shape index (κ3) is 3.06. The van der Waals surface area contributed by atoms with Crippen molar-refractivity contribution in [3.8, 4) is 0 Å². The second-order valence-electron chi connectivity index (χ2n) is 5.99. The Balaban J connectivity index is 2.00. The van der Waals surface area contributed by atoms with Gasteiger partial charge in [0.1, 0.15) is 0 Å². The van der Waals surface area contributed by atoms with Crippen LogP contribution in [-0.4, -0.2) is 46.4 Å². The van der Waals surface area contributed by atoms with E-state index in [1.54, 1.807) is 17.0 Å². The van der Waals surface area contributed by atoms with E-state index in [0.717, 1.165) is 12.8 Å². The summed E-state index contributed by atoms with van der Waals surface area (Å²) in [7, 11) is 0. The third-order valence-electron chi connectivity index (χ3n) is 4.44. The number of rotatable bonds is 4. The molecule has 0 unspecified atom stereocenters. The van der Waals surface area contributed by atoms with Crippen LogP contribution in [0.3, 0.4) is 0 Å². The Kier molecular flexibility index (Phi) is 4.94. The SMILES string of the molecule is CCO[C@@H]1CCCN(C(=O)c2nn(CC)c(=O)c3ccccc23)C1. The van der Waals surface area contributed by atoms with Gasteiger partial charge in [0.05, 0.1) is 11.5 Å². The van der Waals surface area contributed by atoms with Crippen LogP contribution in [0.2, 0.25) is 0 Å². The first kappa shape index (κ1) is 16.6. The number of likely N-dealkylation sites (tertiary alicyclic amines) is 1. The number of aryl methyl sites for hydroxylation is 1. The van der Waals surface area contributed by atoms with Crippen LogP contribution in [-0.2, 0) is 11.3 Å². The molecule has 128 valence electrons. The molecule has 1 aromatic heterocycles. The van der Waals surface area contributed by atoms with Crippen molar-refractivity contribution >= 4 is 16.7 Å². The molecule has 0 spiro atoms. The molecule has 1 aromatic carbocycles. The second-order valence-corrected chi connectivity index (χ2v) is 5.99. The number of benzene rings is 1. The van der Waals surface area contributed by atoms with Gasteiger partial charge in [-0.05, 0) is 32.8 Å². The lowest BCUT2D eigenvalue weighted by molar-refractivity contribution is 0.00703.